The summed E-state index contributed by atoms with van der Waals surface area (Å²) in [5.41, 5.74) is 11.9. The second kappa shape index (κ2) is 5.05. The van der Waals surface area contributed by atoms with Gasteiger partial charge in [-0.15, -0.1) is 0 Å². The summed E-state index contributed by atoms with van der Waals surface area (Å²) < 4.78 is 0. The zero-order valence-electron chi connectivity index (χ0n) is 9.98. The van der Waals surface area contributed by atoms with E-state index in [2.05, 4.69) is 10.2 Å². The molecule has 1 aliphatic rings. The fourth-order valence-corrected chi connectivity index (χ4v) is 2.07. The maximum Gasteiger partial charge on any atom is 0.250 e. The summed E-state index contributed by atoms with van der Waals surface area (Å²) in [6, 6.07) is 4.81. The third kappa shape index (κ3) is 2.43. The van der Waals surface area contributed by atoms with Crippen LogP contribution in [0.2, 0.25) is 0 Å². The minimum Gasteiger partial charge on any atom is -0.368 e. The number of nitrogens with zero attached hydrogens (tertiary/aromatic N) is 1. The van der Waals surface area contributed by atoms with Gasteiger partial charge >= 0.3 is 0 Å². The van der Waals surface area contributed by atoms with Gasteiger partial charge in [0.05, 0.1) is 5.56 Å². The van der Waals surface area contributed by atoms with Crippen molar-refractivity contribution in [3.8, 4) is 0 Å². The number of hydrogen-bond donors (Lipinski definition) is 3. The number of nitrogens with two attached hydrogens (primary N) is 2. The number of rotatable bonds is 3. The van der Waals surface area contributed by atoms with E-state index in [1.807, 2.05) is 0 Å². The Labute approximate surface area is 105 Å². The molecule has 0 aromatic heterocycles. The Bertz CT molecular complexity index is 481. The van der Waals surface area contributed by atoms with Crippen molar-refractivity contribution in [2.75, 3.05) is 31.1 Å². The molecule has 0 atom stereocenters. The van der Waals surface area contributed by atoms with Crippen LogP contribution in [0.15, 0.2) is 18.2 Å². The molecular weight excluding hydrogens is 232 g/mol. The highest BCUT2D eigenvalue weighted by Gasteiger charge is 2.18. The molecule has 1 aromatic carbocycles. The molecule has 2 amide bonds. The van der Waals surface area contributed by atoms with Crippen molar-refractivity contribution < 1.29 is 9.59 Å². The Morgan fingerprint density at radius 3 is 2.33 bits per heavy atom. The summed E-state index contributed by atoms with van der Waals surface area (Å²) in [7, 11) is 0. The second-order valence-electron chi connectivity index (χ2n) is 4.20. The Balaban J connectivity index is 2.39. The first-order valence-corrected chi connectivity index (χ1v) is 5.79. The lowest BCUT2D eigenvalue weighted by Gasteiger charge is -2.30. The zero-order valence-corrected chi connectivity index (χ0v) is 9.98. The maximum absolute atomic E-state index is 11.5. The predicted molar refractivity (Wildman–Crippen MR) is 68.6 cm³/mol. The smallest absolute Gasteiger partial charge is 0.250 e. The van der Waals surface area contributed by atoms with Gasteiger partial charge in [-0.1, -0.05) is 0 Å². The van der Waals surface area contributed by atoms with Gasteiger partial charge in [-0.3, -0.25) is 9.59 Å². The zero-order chi connectivity index (χ0) is 13.1. The lowest BCUT2D eigenvalue weighted by molar-refractivity contribution is 0.0999. The minimum atomic E-state index is -0.565. The van der Waals surface area contributed by atoms with Crippen molar-refractivity contribution in [2.24, 2.45) is 11.5 Å². The second-order valence-corrected chi connectivity index (χ2v) is 4.20. The summed E-state index contributed by atoms with van der Waals surface area (Å²) in [5.74, 6) is -1.11. The van der Waals surface area contributed by atoms with Crippen LogP contribution in [0.4, 0.5) is 5.69 Å². The molecule has 5 N–H and O–H groups in total. The number of benzene rings is 1. The number of primary amides is 2. The van der Waals surface area contributed by atoms with E-state index in [1.165, 1.54) is 6.07 Å². The first-order chi connectivity index (χ1) is 8.59. The molecule has 0 radical (unpaired) electrons. The van der Waals surface area contributed by atoms with Gasteiger partial charge in [0.15, 0.2) is 0 Å². The summed E-state index contributed by atoms with van der Waals surface area (Å²) in [6.07, 6.45) is 0. The lowest BCUT2D eigenvalue weighted by atomic mass is 10.1. The van der Waals surface area contributed by atoms with Crippen molar-refractivity contribution in [1.29, 1.82) is 0 Å². The molecule has 6 nitrogen and oxygen atoms in total. The molecule has 2 rings (SSSR count). The van der Waals surface area contributed by atoms with Gasteiger partial charge in [-0.25, -0.2) is 0 Å². The van der Waals surface area contributed by atoms with Gasteiger partial charge in [0.25, 0.3) is 5.91 Å². The normalized spacial score (nSPS) is 15.4. The van der Waals surface area contributed by atoms with Gasteiger partial charge < -0.3 is 21.7 Å². The fraction of sp³-hybridized carbons (Fsp3) is 0.333. The summed E-state index contributed by atoms with van der Waals surface area (Å²) in [6.45, 7) is 3.32. The minimum absolute atomic E-state index is 0.294. The van der Waals surface area contributed by atoms with Crippen molar-refractivity contribution in [1.82, 2.24) is 5.32 Å². The highest BCUT2D eigenvalue weighted by Crippen LogP contribution is 2.22. The number of carbonyl (C=O) groups excluding carboxylic acids is 2. The molecule has 0 bridgehead atoms. The first-order valence-electron chi connectivity index (χ1n) is 5.79. The number of carbonyl (C=O) groups is 2. The molecular formula is C12H16N4O2. The van der Waals surface area contributed by atoms with Gasteiger partial charge in [0.2, 0.25) is 5.91 Å². The molecule has 0 aliphatic carbocycles. The molecule has 1 heterocycles. The van der Waals surface area contributed by atoms with Crippen LogP contribution in [0.3, 0.4) is 0 Å². The van der Waals surface area contributed by atoms with Crippen LogP contribution in [-0.2, 0) is 0 Å². The monoisotopic (exact) mass is 248 g/mol. The number of nitrogens with one attached hydrogen (secondary N) is 1. The van der Waals surface area contributed by atoms with Gasteiger partial charge in [0.1, 0.15) is 0 Å². The van der Waals surface area contributed by atoms with Crippen LogP contribution >= 0.6 is 0 Å². The summed E-state index contributed by atoms with van der Waals surface area (Å²) >= 11 is 0. The number of anilines is 1. The summed E-state index contributed by atoms with van der Waals surface area (Å²) in [5, 5.41) is 3.23. The van der Waals surface area contributed by atoms with E-state index in [0.29, 0.717) is 11.1 Å². The van der Waals surface area contributed by atoms with Gasteiger partial charge in [-0.05, 0) is 18.2 Å². The standard InChI is InChI=1S/C12H16N4O2/c13-11(17)8-1-2-10(9(7-8)12(14)18)16-5-3-15-4-6-16/h1-2,7,15H,3-6H2,(H2,13,17)(H2,14,18). The molecule has 1 aliphatic heterocycles. The van der Waals surface area contributed by atoms with Crippen molar-refractivity contribution >= 4 is 17.5 Å². The van der Waals surface area contributed by atoms with Crippen LogP contribution in [-0.4, -0.2) is 38.0 Å². The Morgan fingerprint density at radius 1 is 1.11 bits per heavy atom. The van der Waals surface area contributed by atoms with Crippen LogP contribution < -0.4 is 21.7 Å². The number of piperazine rings is 1. The molecule has 0 unspecified atom stereocenters. The fourth-order valence-electron chi connectivity index (χ4n) is 2.07. The predicted octanol–water partition coefficient (Wildman–Crippen LogP) is -0.706. The number of hydrogen-bond acceptors (Lipinski definition) is 4. The average Bonchev–Trinajstić information content (AvgIpc) is 2.39. The molecule has 1 aromatic rings. The largest absolute Gasteiger partial charge is 0.368 e. The molecule has 1 fully saturated rings. The van der Waals surface area contributed by atoms with Crippen LogP contribution in [0.25, 0.3) is 0 Å². The summed E-state index contributed by atoms with van der Waals surface area (Å²) in [4.78, 5) is 24.6. The van der Waals surface area contributed by atoms with Crippen LogP contribution in [0, 0.1) is 0 Å². The van der Waals surface area contributed by atoms with Crippen molar-refractivity contribution in [3.63, 3.8) is 0 Å². The maximum atomic E-state index is 11.5. The Morgan fingerprint density at radius 2 is 1.78 bits per heavy atom. The third-order valence-electron chi connectivity index (χ3n) is 3.00. The highest BCUT2D eigenvalue weighted by atomic mass is 16.1. The van der Waals surface area contributed by atoms with Gasteiger partial charge in [0, 0.05) is 37.4 Å². The van der Waals surface area contributed by atoms with Crippen LogP contribution in [0.5, 0.6) is 0 Å². The average molecular weight is 248 g/mol. The van der Waals surface area contributed by atoms with E-state index in [4.69, 9.17) is 11.5 Å². The third-order valence-corrected chi connectivity index (χ3v) is 3.00. The topological polar surface area (TPSA) is 101 Å². The molecule has 96 valence electrons. The van der Waals surface area contributed by atoms with Crippen molar-refractivity contribution in [3.05, 3.63) is 29.3 Å². The Hall–Kier alpha value is -2.08. The quantitative estimate of drug-likeness (QED) is 0.658. The highest BCUT2D eigenvalue weighted by molar-refractivity contribution is 6.02. The van der Waals surface area contributed by atoms with Gasteiger partial charge in [-0.2, -0.15) is 0 Å². The van der Waals surface area contributed by atoms with E-state index in [-0.39, 0.29) is 0 Å². The first kappa shape index (κ1) is 12.4. The van der Waals surface area contributed by atoms with E-state index >= 15 is 0 Å². The SMILES string of the molecule is NC(=O)c1ccc(N2CCNCC2)c(C(N)=O)c1. The van der Waals surface area contributed by atoms with Crippen LogP contribution in [0.1, 0.15) is 20.7 Å². The molecule has 1 saturated heterocycles. The Kier molecular flexibility index (Phi) is 3.47. The van der Waals surface area contributed by atoms with Crippen molar-refractivity contribution in [2.45, 2.75) is 0 Å². The molecule has 18 heavy (non-hydrogen) atoms. The van der Waals surface area contributed by atoms with E-state index in [1.54, 1.807) is 12.1 Å². The van der Waals surface area contributed by atoms with E-state index in [0.717, 1.165) is 31.9 Å². The molecule has 6 heteroatoms. The molecule has 0 spiro atoms. The van der Waals surface area contributed by atoms with E-state index < -0.39 is 11.8 Å². The molecule has 0 saturated carbocycles. The lowest BCUT2D eigenvalue weighted by Crippen LogP contribution is -2.44. The van der Waals surface area contributed by atoms with E-state index in [9.17, 15) is 9.59 Å². The number of amides is 2.